The standard InChI is InChI=1S/C25H36N6O2/c1-5-8-20(27-21-15-29(4)22-10-7-6-9-19(21)22)24(32)28-23-16-31(18-26-23)25(2,3)17-30-11-13-33-14-12-30/h6-7,9-10,15-16,18,20,27H,5,8,11-14,17H2,1-4H3,(H,28,32). The number of nitrogens with one attached hydrogen (secondary N) is 2. The third-order valence-corrected chi connectivity index (χ3v) is 6.37. The Morgan fingerprint density at radius 1 is 1.21 bits per heavy atom. The smallest absolute Gasteiger partial charge is 0.248 e. The highest BCUT2D eigenvalue weighted by atomic mass is 16.5. The monoisotopic (exact) mass is 452 g/mol. The molecule has 3 aromatic rings. The van der Waals surface area contributed by atoms with E-state index in [1.165, 1.54) is 0 Å². The summed E-state index contributed by atoms with van der Waals surface area (Å²) in [7, 11) is 2.02. The number of morpholine rings is 1. The van der Waals surface area contributed by atoms with Crippen molar-refractivity contribution in [1.29, 1.82) is 0 Å². The van der Waals surface area contributed by atoms with E-state index in [9.17, 15) is 4.79 Å². The van der Waals surface area contributed by atoms with Crippen LogP contribution in [0.15, 0.2) is 43.0 Å². The molecule has 1 aromatic carbocycles. The molecule has 0 spiro atoms. The summed E-state index contributed by atoms with van der Waals surface area (Å²) in [6, 6.07) is 7.87. The van der Waals surface area contributed by atoms with Crippen LogP contribution in [0.4, 0.5) is 11.5 Å². The zero-order valence-electron chi connectivity index (χ0n) is 20.2. The summed E-state index contributed by atoms with van der Waals surface area (Å²) in [4.78, 5) is 20.1. The molecule has 0 radical (unpaired) electrons. The highest BCUT2D eigenvalue weighted by Crippen LogP contribution is 2.26. The zero-order chi connectivity index (χ0) is 23.4. The fourth-order valence-corrected chi connectivity index (χ4v) is 4.52. The number of para-hydroxylation sites is 1. The molecule has 1 fully saturated rings. The number of nitrogens with zero attached hydrogens (tertiary/aromatic N) is 4. The van der Waals surface area contributed by atoms with Crippen molar-refractivity contribution < 1.29 is 9.53 Å². The molecule has 1 amide bonds. The van der Waals surface area contributed by atoms with Gasteiger partial charge >= 0.3 is 0 Å². The summed E-state index contributed by atoms with van der Waals surface area (Å²) in [5.41, 5.74) is 1.97. The summed E-state index contributed by atoms with van der Waals surface area (Å²) in [6.07, 6.45) is 7.42. The summed E-state index contributed by atoms with van der Waals surface area (Å²) in [5.74, 6) is 0.511. The first-order chi connectivity index (χ1) is 15.9. The first-order valence-electron chi connectivity index (χ1n) is 11.8. The molecule has 178 valence electrons. The largest absolute Gasteiger partial charge is 0.379 e. The Morgan fingerprint density at radius 2 is 1.97 bits per heavy atom. The van der Waals surface area contributed by atoms with Gasteiger partial charge in [-0.15, -0.1) is 0 Å². The summed E-state index contributed by atoms with van der Waals surface area (Å²) < 4.78 is 9.63. The number of anilines is 2. The number of benzene rings is 1. The maximum Gasteiger partial charge on any atom is 0.248 e. The average molecular weight is 453 g/mol. The lowest BCUT2D eigenvalue weighted by molar-refractivity contribution is -0.117. The van der Waals surface area contributed by atoms with E-state index < -0.39 is 0 Å². The Morgan fingerprint density at radius 3 is 2.73 bits per heavy atom. The predicted octanol–water partition coefficient (Wildman–Crippen LogP) is 3.66. The number of imidazole rings is 1. The number of hydrogen-bond acceptors (Lipinski definition) is 5. The molecule has 4 rings (SSSR count). The van der Waals surface area contributed by atoms with E-state index in [-0.39, 0.29) is 17.5 Å². The zero-order valence-corrected chi connectivity index (χ0v) is 20.2. The van der Waals surface area contributed by atoms with Gasteiger partial charge in [-0.1, -0.05) is 31.5 Å². The van der Waals surface area contributed by atoms with Crippen molar-refractivity contribution in [2.24, 2.45) is 7.05 Å². The van der Waals surface area contributed by atoms with Crippen LogP contribution in [0, 0.1) is 0 Å². The van der Waals surface area contributed by atoms with Gasteiger partial charge in [-0.3, -0.25) is 9.69 Å². The predicted molar refractivity (Wildman–Crippen MR) is 133 cm³/mol. The van der Waals surface area contributed by atoms with Gasteiger partial charge in [0.2, 0.25) is 5.91 Å². The maximum absolute atomic E-state index is 13.2. The molecule has 1 aliphatic heterocycles. The van der Waals surface area contributed by atoms with Gasteiger partial charge in [0.15, 0.2) is 5.82 Å². The Bertz CT molecular complexity index is 1080. The van der Waals surface area contributed by atoms with Crippen molar-refractivity contribution in [3.05, 3.63) is 43.0 Å². The molecule has 8 nitrogen and oxygen atoms in total. The number of hydrogen-bond donors (Lipinski definition) is 2. The van der Waals surface area contributed by atoms with Crippen molar-refractivity contribution in [3.8, 4) is 0 Å². The van der Waals surface area contributed by atoms with Crippen LogP contribution in [0.3, 0.4) is 0 Å². The topological polar surface area (TPSA) is 76.4 Å². The van der Waals surface area contributed by atoms with E-state index in [4.69, 9.17) is 4.74 Å². The molecule has 0 bridgehead atoms. The molecule has 1 saturated heterocycles. The van der Waals surface area contributed by atoms with Gasteiger partial charge in [0, 0.05) is 50.0 Å². The van der Waals surface area contributed by atoms with Gasteiger partial charge in [-0.2, -0.15) is 0 Å². The van der Waals surface area contributed by atoms with Crippen LogP contribution in [0.2, 0.25) is 0 Å². The molecule has 0 aliphatic carbocycles. The second-order valence-electron chi connectivity index (χ2n) is 9.51. The molecule has 0 saturated carbocycles. The van der Waals surface area contributed by atoms with Crippen LogP contribution in [-0.4, -0.2) is 63.8 Å². The molecular weight excluding hydrogens is 416 g/mol. The third-order valence-electron chi connectivity index (χ3n) is 6.37. The first kappa shape index (κ1) is 23.3. The Balaban J connectivity index is 1.44. The lowest BCUT2D eigenvalue weighted by Crippen LogP contribution is -2.45. The van der Waals surface area contributed by atoms with E-state index in [0.29, 0.717) is 5.82 Å². The normalized spacial score (nSPS) is 16.1. The minimum absolute atomic E-state index is 0.0685. The lowest BCUT2D eigenvalue weighted by atomic mass is 10.0. The van der Waals surface area contributed by atoms with Gasteiger partial charge in [-0.05, 0) is 26.3 Å². The number of carbonyl (C=O) groups excluding carboxylic acids is 1. The molecule has 2 N–H and O–H groups in total. The maximum atomic E-state index is 13.2. The van der Waals surface area contributed by atoms with Crippen LogP contribution in [-0.2, 0) is 22.1 Å². The number of rotatable bonds is 9. The number of aryl methyl sites for hydroxylation is 1. The fraction of sp³-hybridized carbons (Fsp3) is 0.520. The molecule has 2 aromatic heterocycles. The van der Waals surface area contributed by atoms with Gasteiger partial charge in [-0.25, -0.2) is 4.98 Å². The second kappa shape index (κ2) is 9.97. The molecule has 8 heteroatoms. The number of aromatic nitrogens is 3. The second-order valence-corrected chi connectivity index (χ2v) is 9.51. The Kier molecular flexibility index (Phi) is 7.05. The molecule has 33 heavy (non-hydrogen) atoms. The van der Waals surface area contributed by atoms with Crippen LogP contribution in [0.25, 0.3) is 10.9 Å². The highest BCUT2D eigenvalue weighted by molar-refractivity contribution is 5.99. The Labute approximate surface area is 195 Å². The summed E-state index contributed by atoms with van der Waals surface area (Å²) in [6.45, 7) is 10.8. The van der Waals surface area contributed by atoms with E-state index in [0.717, 1.165) is 62.3 Å². The van der Waals surface area contributed by atoms with Crippen molar-refractivity contribution in [1.82, 2.24) is 19.0 Å². The number of carbonyl (C=O) groups is 1. The lowest BCUT2D eigenvalue weighted by Gasteiger charge is -2.35. The van der Waals surface area contributed by atoms with Gasteiger partial charge in [0.05, 0.1) is 30.8 Å². The van der Waals surface area contributed by atoms with Crippen molar-refractivity contribution in [3.63, 3.8) is 0 Å². The number of ether oxygens (including phenoxy) is 1. The quantitative estimate of drug-likeness (QED) is 0.518. The average Bonchev–Trinajstić information content (AvgIpc) is 3.39. The molecule has 1 atom stereocenters. The third kappa shape index (κ3) is 5.39. The summed E-state index contributed by atoms with van der Waals surface area (Å²) >= 11 is 0. The van der Waals surface area contributed by atoms with E-state index in [2.05, 4.69) is 62.6 Å². The van der Waals surface area contributed by atoms with Crippen LogP contribution < -0.4 is 10.6 Å². The molecule has 3 heterocycles. The Hall–Kier alpha value is -2.84. The van der Waals surface area contributed by atoms with Crippen LogP contribution in [0.5, 0.6) is 0 Å². The minimum Gasteiger partial charge on any atom is -0.379 e. The van der Waals surface area contributed by atoms with Gasteiger partial charge < -0.3 is 24.5 Å². The molecule has 1 unspecified atom stereocenters. The van der Waals surface area contributed by atoms with E-state index in [1.807, 2.05) is 37.9 Å². The highest BCUT2D eigenvalue weighted by Gasteiger charge is 2.26. The molecule has 1 aliphatic rings. The van der Waals surface area contributed by atoms with Crippen molar-refractivity contribution in [2.75, 3.05) is 43.5 Å². The van der Waals surface area contributed by atoms with Crippen molar-refractivity contribution >= 4 is 28.3 Å². The van der Waals surface area contributed by atoms with Gasteiger partial charge in [0.25, 0.3) is 0 Å². The minimum atomic E-state index is -0.340. The fourth-order valence-electron chi connectivity index (χ4n) is 4.52. The first-order valence-corrected chi connectivity index (χ1v) is 11.8. The van der Waals surface area contributed by atoms with Gasteiger partial charge in [0.1, 0.15) is 6.04 Å². The SMILES string of the molecule is CCCC(Nc1cn(C)c2ccccc12)C(=O)Nc1cn(C(C)(C)CN2CCOCC2)cn1. The van der Waals surface area contributed by atoms with E-state index >= 15 is 0 Å². The molecular formula is C25H36N6O2. The number of fused-ring (bicyclic) bond motifs is 1. The van der Waals surface area contributed by atoms with Crippen molar-refractivity contribution in [2.45, 2.75) is 45.2 Å². The number of amides is 1. The summed E-state index contributed by atoms with van der Waals surface area (Å²) in [5, 5.41) is 7.61. The van der Waals surface area contributed by atoms with E-state index in [1.54, 1.807) is 0 Å². The van der Waals surface area contributed by atoms with Crippen LogP contribution >= 0.6 is 0 Å². The van der Waals surface area contributed by atoms with Crippen LogP contribution in [0.1, 0.15) is 33.6 Å².